The predicted octanol–water partition coefficient (Wildman–Crippen LogP) is 6.58. The molecule has 13 heteroatoms. The number of piperidine rings is 1. The zero-order chi connectivity index (χ0) is 31.7. The molecule has 1 N–H and O–H groups in total. The first kappa shape index (κ1) is 31.1. The average Bonchev–Trinajstić information content (AvgIpc) is 3.36. The minimum Gasteiger partial charge on any atom is -0.380 e. The highest BCUT2D eigenvalue weighted by atomic mass is 19.4. The number of rotatable bonds is 5. The number of nitrogens with zero attached hydrogens (tertiary/aromatic N) is 4. The monoisotopic (exact) mass is 633 g/mol. The lowest BCUT2D eigenvalue weighted by Crippen LogP contribution is -2.46. The number of aromatic nitrogens is 2. The molecule has 0 radical (unpaired) electrons. The SMILES string of the molecule is O=C(Cn1nc(C(F)(F)F)cc1C(F)F)N1CCC(C2CC3CC=CC=C3ON(C(=O)NC3CCCc4ccccc43)C2)CC1. The van der Waals surface area contributed by atoms with Gasteiger partial charge in [0.05, 0.1) is 12.6 Å². The maximum absolute atomic E-state index is 13.6. The quantitative estimate of drug-likeness (QED) is 0.378. The van der Waals surface area contributed by atoms with Gasteiger partial charge in [-0.15, -0.1) is 0 Å². The molecule has 0 saturated carbocycles. The molecule has 3 unspecified atom stereocenters. The summed E-state index contributed by atoms with van der Waals surface area (Å²) in [6, 6.07) is 8.03. The van der Waals surface area contributed by atoms with Gasteiger partial charge in [0.1, 0.15) is 18.0 Å². The lowest BCUT2D eigenvalue weighted by Gasteiger charge is -2.37. The van der Waals surface area contributed by atoms with Crippen molar-refractivity contribution in [1.29, 1.82) is 0 Å². The van der Waals surface area contributed by atoms with Gasteiger partial charge in [0.15, 0.2) is 5.69 Å². The van der Waals surface area contributed by atoms with Crippen molar-refractivity contribution in [2.45, 2.75) is 70.1 Å². The Morgan fingerprint density at radius 1 is 1.09 bits per heavy atom. The summed E-state index contributed by atoms with van der Waals surface area (Å²) in [5, 5.41) is 7.88. The van der Waals surface area contributed by atoms with E-state index in [0.29, 0.717) is 37.2 Å². The van der Waals surface area contributed by atoms with Crippen LogP contribution in [0.15, 0.2) is 54.3 Å². The van der Waals surface area contributed by atoms with E-state index in [1.54, 1.807) is 0 Å². The molecule has 8 nitrogen and oxygen atoms in total. The number of allylic oxidation sites excluding steroid dienone is 4. The van der Waals surface area contributed by atoms with Gasteiger partial charge < -0.3 is 15.1 Å². The number of aryl methyl sites for hydroxylation is 1. The van der Waals surface area contributed by atoms with Gasteiger partial charge in [-0.05, 0) is 80.1 Å². The number of carbonyl (C=O) groups is 2. The van der Waals surface area contributed by atoms with Crippen LogP contribution >= 0.6 is 0 Å². The molecule has 1 aromatic carbocycles. The first-order valence-electron chi connectivity index (χ1n) is 15.5. The van der Waals surface area contributed by atoms with Gasteiger partial charge >= 0.3 is 12.2 Å². The fourth-order valence-corrected chi connectivity index (χ4v) is 7.10. The Morgan fingerprint density at radius 3 is 2.62 bits per heavy atom. The zero-order valence-electron chi connectivity index (χ0n) is 24.7. The molecule has 3 heterocycles. The summed E-state index contributed by atoms with van der Waals surface area (Å²) in [4.78, 5) is 34.4. The maximum Gasteiger partial charge on any atom is 0.435 e. The van der Waals surface area contributed by atoms with Crippen LogP contribution in [0.4, 0.5) is 26.7 Å². The van der Waals surface area contributed by atoms with Gasteiger partial charge in [-0.1, -0.05) is 36.4 Å². The van der Waals surface area contributed by atoms with E-state index >= 15 is 0 Å². The molecule has 0 bridgehead atoms. The fourth-order valence-electron chi connectivity index (χ4n) is 7.10. The van der Waals surface area contributed by atoms with Crippen molar-refractivity contribution in [2.24, 2.45) is 17.8 Å². The molecule has 4 aliphatic rings. The third-order valence-electron chi connectivity index (χ3n) is 9.49. The molecule has 2 saturated heterocycles. The topological polar surface area (TPSA) is 79.7 Å². The Labute approximate surface area is 257 Å². The summed E-state index contributed by atoms with van der Waals surface area (Å²) in [5.74, 6) is 0.543. The zero-order valence-corrected chi connectivity index (χ0v) is 24.7. The Kier molecular flexibility index (Phi) is 8.87. The number of likely N-dealkylation sites (tertiary alicyclic amines) is 1. The highest BCUT2D eigenvalue weighted by Gasteiger charge is 2.39. The highest BCUT2D eigenvalue weighted by molar-refractivity contribution is 5.76. The lowest BCUT2D eigenvalue weighted by molar-refractivity contribution is -0.142. The number of urea groups is 1. The molecule has 6 rings (SSSR count). The molecule has 0 spiro atoms. The first-order valence-corrected chi connectivity index (χ1v) is 15.5. The highest BCUT2D eigenvalue weighted by Crippen LogP contribution is 2.39. The fraction of sp³-hybridized carbons (Fsp3) is 0.531. The molecule has 3 atom stereocenters. The number of fused-ring (bicyclic) bond motifs is 2. The van der Waals surface area contributed by atoms with E-state index in [9.17, 15) is 31.5 Å². The van der Waals surface area contributed by atoms with Crippen LogP contribution < -0.4 is 5.32 Å². The van der Waals surface area contributed by atoms with Crippen LogP contribution in [0.1, 0.15) is 73.5 Å². The molecule has 2 fully saturated rings. The number of nitrogens with one attached hydrogen (secondary N) is 1. The number of halogens is 5. The third-order valence-corrected chi connectivity index (χ3v) is 9.49. The molecule has 2 aliphatic heterocycles. The second kappa shape index (κ2) is 12.8. The summed E-state index contributed by atoms with van der Waals surface area (Å²) in [6.07, 6.45) is 3.44. The first-order chi connectivity index (χ1) is 21.6. The normalized spacial score (nSPS) is 24.0. The summed E-state index contributed by atoms with van der Waals surface area (Å²) < 4.78 is 66.5. The van der Waals surface area contributed by atoms with E-state index in [-0.39, 0.29) is 35.9 Å². The summed E-state index contributed by atoms with van der Waals surface area (Å²) in [7, 11) is 0. The van der Waals surface area contributed by atoms with Gasteiger partial charge in [0.25, 0.3) is 6.43 Å². The molecule has 1 aromatic heterocycles. The minimum atomic E-state index is -4.90. The van der Waals surface area contributed by atoms with Crippen molar-refractivity contribution < 1.29 is 36.4 Å². The molecular weight excluding hydrogens is 597 g/mol. The molecule has 2 aliphatic carbocycles. The van der Waals surface area contributed by atoms with Gasteiger partial charge in [0, 0.05) is 19.0 Å². The number of amides is 3. The van der Waals surface area contributed by atoms with Crippen LogP contribution in [0.3, 0.4) is 0 Å². The smallest absolute Gasteiger partial charge is 0.380 e. The number of hydrogen-bond donors (Lipinski definition) is 1. The molecule has 3 amide bonds. The Balaban J connectivity index is 1.11. The molecule has 242 valence electrons. The van der Waals surface area contributed by atoms with E-state index in [0.717, 1.165) is 43.4 Å². The van der Waals surface area contributed by atoms with Crippen molar-refractivity contribution >= 4 is 11.9 Å². The van der Waals surface area contributed by atoms with E-state index < -0.39 is 36.4 Å². The van der Waals surface area contributed by atoms with E-state index in [1.807, 2.05) is 24.3 Å². The van der Waals surface area contributed by atoms with Crippen LogP contribution in [-0.4, -0.2) is 51.3 Å². The Morgan fingerprint density at radius 2 is 1.87 bits per heavy atom. The van der Waals surface area contributed by atoms with Gasteiger partial charge in [0.2, 0.25) is 5.91 Å². The third kappa shape index (κ3) is 6.86. The van der Waals surface area contributed by atoms with Crippen molar-refractivity contribution in [3.8, 4) is 0 Å². The average molecular weight is 634 g/mol. The van der Waals surface area contributed by atoms with E-state index in [1.165, 1.54) is 15.5 Å². The van der Waals surface area contributed by atoms with Crippen LogP contribution in [0.5, 0.6) is 0 Å². The summed E-state index contributed by atoms with van der Waals surface area (Å²) >= 11 is 0. The van der Waals surface area contributed by atoms with Crippen molar-refractivity contribution in [1.82, 2.24) is 25.1 Å². The number of hydroxylamine groups is 2. The standard InChI is InChI=1S/C32H36F5N5O3/c33-30(34)26-17-28(32(35,36)37)39-41(26)19-29(43)40-14-12-20(13-15-40)23-16-22-7-2-4-11-27(22)45-42(18-23)31(44)38-25-10-5-8-21-6-1-3-9-24(21)25/h1-4,6,9,11,17,20,22-23,25,30H,5,7-8,10,12-16,18-19H2,(H,38,44). The summed E-state index contributed by atoms with van der Waals surface area (Å²) in [5.41, 5.74) is -0.0238. The number of hydrogen-bond acceptors (Lipinski definition) is 4. The van der Waals surface area contributed by atoms with Gasteiger partial charge in [-0.2, -0.15) is 23.3 Å². The van der Waals surface area contributed by atoms with Crippen LogP contribution in [0, 0.1) is 17.8 Å². The van der Waals surface area contributed by atoms with Crippen LogP contribution in [0.2, 0.25) is 0 Å². The largest absolute Gasteiger partial charge is 0.435 e. The number of alkyl halides is 5. The molecule has 45 heavy (non-hydrogen) atoms. The number of carbonyl (C=O) groups excluding carboxylic acids is 2. The van der Waals surface area contributed by atoms with Crippen molar-refractivity contribution in [3.05, 3.63) is 76.8 Å². The molecule has 2 aromatic rings. The Bertz CT molecular complexity index is 1460. The second-order valence-corrected chi connectivity index (χ2v) is 12.3. The Hall–Kier alpha value is -3.90. The minimum absolute atomic E-state index is 0.0833. The van der Waals surface area contributed by atoms with Crippen molar-refractivity contribution in [2.75, 3.05) is 19.6 Å². The van der Waals surface area contributed by atoms with Gasteiger partial charge in [-0.25, -0.2) is 13.6 Å². The maximum atomic E-state index is 13.6. The van der Waals surface area contributed by atoms with Gasteiger partial charge in [-0.3, -0.25) is 9.48 Å². The second-order valence-electron chi connectivity index (χ2n) is 12.3. The van der Waals surface area contributed by atoms with E-state index in [4.69, 9.17) is 4.84 Å². The van der Waals surface area contributed by atoms with Crippen LogP contribution in [0.25, 0.3) is 0 Å². The lowest BCUT2D eigenvalue weighted by atomic mass is 9.77. The summed E-state index contributed by atoms with van der Waals surface area (Å²) in [6.45, 7) is 0.337. The number of benzene rings is 1. The van der Waals surface area contributed by atoms with Crippen molar-refractivity contribution in [3.63, 3.8) is 0 Å². The predicted molar refractivity (Wildman–Crippen MR) is 153 cm³/mol. The van der Waals surface area contributed by atoms with E-state index in [2.05, 4.69) is 28.6 Å². The van der Waals surface area contributed by atoms with Crippen LogP contribution in [-0.2, 0) is 28.8 Å². The molecular formula is C32H36F5N5O3.